The zero-order valence-corrected chi connectivity index (χ0v) is 10.6. The molecule has 0 spiro atoms. The number of nitrogens with one attached hydrogen (secondary N) is 1. The molecule has 1 N–H and O–H groups in total. The van der Waals surface area contributed by atoms with Crippen molar-refractivity contribution in [2.75, 3.05) is 13.7 Å². The molecule has 0 aliphatic heterocycles. The summed E-state index contributed by atoms with van der Waals surface area (Å²) in [5, 5.41) is 3.09. The van der Waals surface area contributed by atoms with Gasteiger partial charge in [0.15, 0.2) is 0 Å². The first-order valence-electron chi connectivity index (χ1n) is 5.91. The van der Waals surface area contributed by atoms with Crippen LogP contribution in [0, 0.1) is 0 Å². The molecule has 0 aromatic heterocycles. The van der Waals surface area contributed by atoms with Gasteiger partial charge < -0.3 is 10.1 Å². The van der Waals surface area contributed by atoms with Crippen LogP contribution in [0.1, 0.15) is 25.3 Å². The fourth-order valence-corrected chi connectivity index (χ4v) is 1.49. The minimum Gasteiger partial charge on any atom is -0.494 e. The van der Waals surface area contributed by atoms with Crippen molar-refractivity contribution in [3.8, 4) is 5.75 Å². The van der Waals surface area contributed by atoms with Crippen LogP contribution in [0.3, 0.4) is 0 Å². The first-order chi connectivity index (χ1) is 8.43. The first-order valence-corrected chi connectivity index (χ1v) is 5.91. The van der Waals surface area contributed by atoms with E-state index in [0.29, 0.717) is 12.6 Å². The van der Waals surface area contributed by atoms with Gasteiger partial charge >= 0.3 is 6.18 Å². The summed E-state index contributed by atoms with van der Waals surface area (Å²) in [6.45, 7) is 2.47. The van der Waals surface area contributed by atoms with Crippen LogP contribution < -0.4 is 10.1 Å². The van der Waals surface area contributed by atoms with Gasteiger partial charge in [-0.1, -0.05) is 6.07 Å². The van der Waals surface area contributed by atoms with Crippen LogP contribution in [0.15, 0.2) is 24.3 Å². The maximum absolute atomic E-state index is 12.4. The van der Waals surface area contributed by atoms with E-state index in [1.807, 2.05) is 14.0 Å². The highest BCUT2D eigenvalue weighted by Crippen LogP contribution is 2.31. The first kappa shape index (κ1) is 14.8. The number of rotatable bonds is 6. The molecule has 0 saturated heterocycles. The molecule has 5 heteroatoms. The van der Waals surface area contributed by atoms with Gasteiger partial charge in [-0.05, 0) is 45.0 Å². The second kappa shape index (κ2) is 6.64. The molecule has 0 aliphatic rings. The number of alkyl halides is 3. The normalized spacial score (nSPS) is 13.4. The predicted octanol–water partition coefficient (Wildman–Crippen LogP) is 3.47. The Labute approximate surface area is 105 Å². The lowest BCUT2D eigenvalue weighted by molar-refractivity contribution is -0.137. The van der Waals surface area contributed by atoms with Crippen LogP contribution in [0.4, 0.5) is 13.2 Å². The summed E-state index contributed by atoms with van der Waals surface area (Å²) >= 11 is 0. The van der Waals surface area contributed by atoms with Gasteiger partial charge in [0.25, 0.3) is 0 Å². The minimum atomic E-state index is -4.32. The molecule has 1 atom stereocenters. The fourth-order valence-electron chi connectivity index (χ4n) is 1.49. The molecule has 1 rings (SSSR count). The van der Waals surface area contributed by atoms with Crippen LogP contribution in [-0.2, 0) is 6.18 Å². The summed E-state index contributed by atoms with van der Waals surface area (Å²) < 4.78 is 42.6. The van der Waals surface area contributed by atoms with E-state index < -0.39 is 11.7 Å². The third-order valence-corrected chi connectivity index (χ3v) is 2.70. The second-order valence-electron chi connectivity index (χ2n) is 4.21. The van der Waals surface area contributed by atoms with Crippen molar-refractivity contribution in [1.82, 2.24) is 5.32 Å². The fraction of sp³-hybridized carbons (Fsp3) is 0.538. The van der Waals surface area contributed by atoms with Crippen molar-refractivity contribution < 1.29 is 17.9 Å². The van der Waals surface area contributed by atoms with Gasteiger partial charge in [-0.3, -0.25) is 0 Å². The molecule has 102 valence electrons. The van der Waals surface area contributed by atoms with E-state index in [1.165, 1.54) is 12.1 Å². The SMILES string of the molecule is CNC(C)CCCOc1cccc(C(F)(F)F)c1. The summed E-state index contributed by atoms with van der Waals surface area (Å²) in [4.78, 5) is 0. The maximum Gasteiger partial charge on any atom is 0.416 e. The van der Waals surface area contributed by atoms with Crippen molar-refractivity contribution in [2.24, 2.45) is 0 Å². The lowest BCUT2D eigenvalue weighted by Gasteiger charge is -2.12. The molecule has 0 radical (unpaired) electrons. The molecule has 1 aromatic carbocycles. The third-order valence-electron chi connectivity index (χ3n) is 2.70. The van der Waals surface area contributed by atoms with Crippen LogP contribution in [-0.4, -0.2) is 19.7 Å². The van der Waals surface area contributed by atoms with Crippen molar-refractivity contribution in [3.63, 3.8) is 0 Å². The number of ether oxygens (including phenoxy) is 1. The van der Waals surface area contributed by atoms with Crippen LogP contribution in [0.2, 0.25) is 0 Å². The Morgan fingerprint density at radius 3 is 2.67 bits per heavy atom. The van der Waals surface area contributed by atoms with Gasteiger partial charge in [-0.15, -0.1) is 0 Å². The molecular formula is C13H18F3NO. The van der Waals surface area contributed by atoms with Crippen LogP contribution in [0.25, 0.3) is 0 Å². The smallest absolute Gasteiger partial charge is 0.416 e. The average Bonchev–Trinajstić information content (AvgIpc) is 2.33. The molecular weight excluding hydrogens is 243 g/mol. The van der Waals surface area contributed by atoms with E-state index in [2.05, 4.69) is 5.32 Å². The quantitative estimate of drug-likeness (QED) is 0.792. The maximum atomic E-state index is 12.4. The number of hydrogen-bond donors (Lipinski definition) is 1. The highest BCUT2D eigenvalue weighted by atomic mass is 19.4. The molecule has 0 aliphatic carbocycles. The summed E-state index contributed by atoms with van der Waals surface area (Å²) in [6.07, 6.45) is -2.59. The Kier molecular flexibility index (Phi) is 5.47. The highest BCUT2D eigenvalue weighted by molar-refractivity contribution is 5.30. The number of halogens is 3. The Morgan fingerprint density at radius 2 is 2.06 bits per heavy atom. The lowest BCUT2D eigenvalue weighted by Crippen LogP contribution is -2.21. The van der Waals surface area contributed by atoms with Gasteiger partial charge in [-0.25, -0.2) is 0 Å². The monoisotopic (exact) mass is 261 g/mol. The van der Waals surface area contributed by atoms with Crippen LogP contribution >= 0.6 is 0 Å². The zero-order valence-electron chi connectivity index (χ0n) is 10.6. The van der Waals surface area contributed by atoms with Crippen molar-refractivity contribution in [1.29, 1.82) is 0 Å². The molecule has 2 nitrogen and oxygen atoms in total. The van der Waals surface area contributed by atoms with E-state index in [4.69, 9.17) is 4.74 Å². The molecule has 0 heterocycles. The second-order valence-corrected chi connectivity index (χ2v) is 4.21. The number of benzene rings is 1. The minimum absolute atomic E-state index is 0.266. The van der Waals surface area contributed by atoms with Crippen molar-refractivity contribution in [3.05, 3.63) is 29.8 Å². The Morgan fingerprint density at radius 1 is 1.33 bits per heavy atom. The zero-order chi connectivity index (χ0) is 13.6. The lowest BCUT2D eigenvalue weighted by atomic mass is 10.2. The van der Waals surface area contributed by atoms with Gasteiger partial charge in [0.1, 0.15) is 5.75 Å². The predicted molar refractivity (Wildman–Crippen MR) is 64.7 cm³/mol. The van der Waals surface area contributed by atoms with Gasteiger partial charge in [-0.2, -0.15) is 13.2 Å². The summed E-state index contributed by atoms with van der Waals surface area (Å²) in [5.41, 5.74) is -0.677. The third kappa shape index (κ3) is 4.96. The molecule has 0 saturated carbocycles. The van der Waals surface area contributed by atoms with E-state index in [0.717, 1.165) is 25.0 Å². The standard InChI is InChI=1S/C13H18F3NO/c1-10(17-2)5-4-8-18-12-7-3-6-11(9-12)13(14,15)16/h3,6-7,9-10,17H,4-5,8H2,1-2H3. The van der Waals surface area contributed by atoms with E-state index in [1.54, 1.807) is 0 Å². The molecule has 0 fully saturated rings. The number of hydrogen-bond acceptors (Lipinski definition) is 2. The van der Waals surface area contributed by atoms with Crippen molar-refractivity contribution >= 4 is 0 Å². The Hall–Kier alpha value is -1.23. The average molecular weight is 261 g/mol. The molecule has 1 unspecified atom stereocenters. The molecule has 18 heavy (non-hydrogen) atoms. The summed E-state index contributed by atoms with van der Waals surface area (Å²) in [7, 11) is 1.87. The largest absolute Gasteiger partial charge is 0.494 e. The van der Waals surface area contributed by atoms with Gasteiger partial charge in [0.05, 0.1) is 12.2 Å². The summed E-state index contributed by atoms with van der Waals surface area (Å²) in [5.74, 6) is 0.266. The van der Waals surface area contributed by atoms with Gasteiger partial charge in [0, 0.05) is 6.04 Å². The van der Waals surface area contributed by atoms with E-state index in [-0.39, 0.29) is 5.75 Å². The Balaban J connectivity index is 2.43. The highest BCUT2D eigenvalue weighted by Gasteiger charge is 2.30. The van der Waals surface area contributed by atoms with Crippen LogP contribution in [0.5, 0.6) is 5.75 Å². The molecule has 1 aromatic rings. The van der Waals surface area contributed by atoms with E-state index >= 15 is 0 Å². The van der Waals surface area contributed by atoms with Gasteiger partial charge in [0.2, 0.25) is 0 Å². The summed E-state index contributed by atoms with van der Waals surface area (Å²) in [6, 6.07) is 5.35. The topological polar surface area (TPSA) is 21.3 Å². The van der Waals surface area contributed by atoms with Crippen molar-refractivity contribution in [2.45, 2.75) is 32.0 Å². The van der Waals surface area contributed by atoms with E-state index in [9.17, 15) is 13.2 Å². The molecule has 0 bridgehead atoms. The Bertz CT molecular complexity index is 365. The molecule has 0 amide bonds.